The Morgan fingerprint density at radius 2 is 2.21 bits per heavy atom. The number of hydrogen-bond acceptors (Lipinski definition) is 4. The molecule has 0 aliphatic carbocycles. The minimum atomic E-state index is 0.101. The zero-order valence-electron chi connectivity index (χ0n) is 11.3. The van der Waals surface area contributed by atoms with E-state index in [1.807, 2.05) is 13.1 Å². The first-order valence-electron chi connectivity index (χ1n) is 6.61. The van der Waals surface area contributed by atoms with Gasteiger partial charge in [0.2, 0.25) is 0 Å². The monoisotopic (exact) mass is 277 g/mol. The smallest absolute Gasteiger partial charge is 0.307 e. The maximum atomic E-state index is 11.6. The topological polar surface area (TPSA) is 51.3 Å². The summed E-state index contributed by atoms with van der Waals surface area (Å²) in [4.78, 5) is 14.1. The summed E-state index contributed by atoms with van der Waals surface area (Å²) in [5.74, 6) is 0.566. The van der Waals surface area contributed by atoms with Crippen molar-refractivity contribution in [1.29, 1.82) is 0 Å². The van der Waals surface area contributed by atoms with Gasteiger partial charge in [0.15, 0.2) is 0 Å². The second kappa shape index (κ2) is 4.74. The first kappa shape index (κ1) is 12.8. The highest BCUT2D eigenvalue weighted by molar-refractivity contribution is 7.16. The number of fused-ring (bicyclic) bond motifs is 1. The van der Waals surface area contributed by atoms with Crippen LogP contribution >= 0.6 is 11.3 Å². The maximum Gasteiger partial charge on any atom is 0.307 e. The van der Waals surface area contributed by atoms with Crippen molar-refractivity contribution in [3.63, 3.8) is 0 Å². The lowest BCUT2D eigenvalue weighted by molar-refractivity contribution is 0.319. The highest BCUT2D eigenvalue weighted by atomic mass is 32.1. The van der Waals surface area contributed by atoms with Gasteiger partial charge in [-0.1, -0.05) is 24.3 Å². The third-order valence-electron chi connectivity index (χ3n) is 4.01. The van der Waals surface area contributed by atoms with Crippen LogP contribution in [-0.2, 0) is 13.6 Å². The van der Waals surface area contributed by atoms with Crippen LogP contribution in [0.15, 0.2) is 23.0 Å². The van der Waals surface area contributed by atoms with Gasteiger partial charge < -0.3 is 10.3 Å². The predicted octanol–water partition coefficient (Wildman–Crippen LogP) is 1.38. The number of thiazole rings is 1. The molecule has 102 valence electrons. The molecule has 2 N–H and O–H groups in total. The van der Waals surface area contributed by atoms with Crippen LogP contribution in [0.25, 0.3) is 10.2 Å². The Labute approximate surface area is 116 Å². The fourth-order valence-corrected chi connectivity index (χ4v) is 3.70. The molecule has 0 spiro atoms. The lowest BCUT2D eigenvalue weighted by Crippen LogP contribution is -2.28. The van der Waals surface area contributed by atoms with Crippen LogP contribution in [0.5, 0.6) is 0 Å². The van der Waals surface area contributed by atoms with Crippen molar-refractivity contribution in [2.45, 2.75) is 19.5 Å². The van der Waals surface area contributed by atoms with Gasteiger partial charge in [-0.25, -0.2) is 0 Å². The van der Waals surface area contributed by atoms with E-state index in [9.17, 15) is 4.79 Å². The summed E-state index contributed by atoms with van der Waals surface area (Å²) in [5.41, 5.74) is 8.33. The van der Waals surface area contributed by atoms with Crippen LogP contribution in [0.1, 0.15) is 12.5 Å². The molecule has 1 aromatic heterocycles. The van der Waals surface area contributed by atoms with Crippen LogP contribution in [-0.4, -0.2) is 28.6 Å². The number of rotatable bonds is 2. The molecular weight excluding hydrogens is 258 g/mol. The molecule has 0 bridgehead atoms. The Morgan fingerprint density at radius 1 is 1.42 bits per heavy atom. The Balaban J connectivity index is 1.84. The summed E-state index contributed by atoms with van der Waals surface area (Å²) >= 11 is 1.32. The van der Waals surface area contributed by atoms with Gasteiger partial charge in [0.1, 0.15) is 0 Å². The van der Waals surface area contributed by atoms with Crippen LogP contribution in [0.4, 0.5) is 0 Å². The molecule has 5 heteroatoms. The fourth-order valence-electron chi connectivity index (χ4n) is 2.76. The Kier molecular flexibility index (Phi) is 3.20. The van der Waals surface area contributed by atoms with Gasteiger partial charge in [-0.15, -0.1) is 0 Å². The van der Waals surface area contributed by atoms with Crippen molar-refractivity contribution in [3.05, 3.63) is 33.4 Å². The molecule has 1 aliphatic rings. The number of hydrogen-bond donors (Lipinski definition) is 1. The molecule has 2 unspecified atom stereocenters. The Hall–Kier alpha value is -1.17. The highest BCUT2D eigenvalue weighted by Crippen LogP contribution is 2.21. The van der Waals surface area contributed by atoms with Gasteiger partial charge >= 0.3 is 4.87 Å². The maximum absolute atomic E-state index is 11.6. The molecule has 0 amide bonds. The Morgan fingerprint density at radius 3 is 2.89 bits per heavy atom. The zero-order valence-corrected chi connectivity index (χ0v) is 12.1. The summed E-state index contributed by atoms with van der Waals surface area (Å²) < 4.78 is 2.78. The number of likely N-dealkylation sites (tertiary alicyclic amines) is 1. The summed E-state index contributed by atoms with van der Waals surface area (Å²) in [6, 6.07) is 6.58. The molecule has 1 fully saturated rings. The van der Waals surface area contributed by atoms with E-state index < -0.39 is 0 Å². The van der Waals surface area contributed by atoms with E-state index in [-0.39, 0.29) is 10.9 Å². The van der Waals surface area contributed by atoms with Crippen molar-refractivity contribution in [2.75, 3.05) is 13.1 Å². The van der Waals surface area contributed by atoms with Crippen molar-refractivity contribution in [3.8, 4) is 0 Å². The molecule has 1 saturated heterocycles. The molecule has 2 aromatic rings. The average Bonchev–Trinajstić information content (AvgIpc) is 2.81. The molecule has 1 aromatic carbocycles. The summed E-state index contributed by atoms with van der Waals surface area (Å²) in [7, 11) is 1.82. The van der Waals surface area contributed by atoms with Crippen LogP contribution in [0, 0.1) is 5.92 Å². The lowest BCUT2D eigenvalue weighted by atomic mass is 10.1. The third kappa shape index (κ3) is 2.33. The molecule has 0 saturated carbocycles. The van der Waals surface area contributed by atoms with E-state index in [0.717, 1.165) is 29.9 Å². The fraction of sp³-hybridized carbons (Fsp3) is 0.500. The molecule has 2 atom stereocenters. The van der Waals surface area contributed by atoms with Crippen molar-refractivity contribution in [2.24, 2.45) is 18.7 Å². The van der Waals surface area contributed by atoms with E-state index >= 15 is 0 Å². The summed E-state index contributed by atoms with van der Waals surface area (Å²) in [6.07, 6.45) is 0. The minimum absolute atomic E-state index is 0.101. The zero-order chi connectivity index (χ0) is 13.6. The standard InChI is InChI=1S/C14H19N3OS/c1-9-6-17(8-11(9)15)7-10-3-4-12-13(5-10)19-14(18)16(12)2/h3-5,9,11H,6-8,15H2,1-2H3. The van der Waals surface area contributed by atoms with Gasteiger partial charge in [0.05, 0.1) is 10.2 Å². The van der Waals surface area contributed by atoms with Crippen LogP contribution < -0.4 is 10.6 Å². The first-order valence-corrected chi connectivity index (χ1v) is 7.42. The number of nitrogens with two attached hydrogens (primary N) is 1. The first-order chi connectivity index (χ1) is 9.04. The molecule has 19 heavy (non-hydrogen) atoms. The quantitative estimate of drug-likeness (QED) is 0.902. The van der Waals surface area contributed by atoms with E-state index in [4.69, 9.17) is 5.73 Å². The van der Waals surface area contributed by atoms with Gasteiger partial charge in [-0.3, -0.25) is 9.69 Å². The second-order valence-electron chi connectivity index (χ2n) is 5.56. The predicted molar refractivity (Wildman–Crippen MR) is 79.5 cm³/mol. The van der Waals surface area contributed by atoms with E-state index in [1.165, 1.54) is 16.9 Å². The molecule has 0 radical (unpaired) electrons. The highest BCUT2D eigenvalue weighted by Gasteiger charge is 2.26. The molecule has 1 aliphatic heterocycles. The third-order valence-corrected chi connectivity index (χ3v) is 5.00. The van der Waals surface area contributed by atoms with Crippen molar-refractivity contribution in [1.82, 2.24) is 9.47 Å². The second-order valence-corrected chi connectivity index (χ2v) is 6.56. The van der Waals surface area contributed by atoms with Gasteiger partial charge in [0, 0.05) is 32.7 Å². The minimum Gasteiger partial charge on any atom is -0.326 e. The molecule has 3 rings (SSSR count). The molecule has 2 heterocycles. The van der Waals surface area contributed by atoms with Gasteiger partial charge in [-0.05, 0) is 23.6 Å². The number of aromatic nitrogens is 1. The largest absolute Gasteiger partial charge is 0.326 e. The van der Waals surface area contributed by atoms with Crippen LogP contribution in [0.3, 0.4) is 0 Å². The average molecular weight is 277 g/mol. The van der Waals surface area contributed by atoms with Crippen molar-refractivity contribution < 1.29 is 0 Å². The number of aryl methyl sites for hydroxylation is 1. The lowest BCUT2D eigenvalue weighted by Gasteiger charge is -2.15. The number of nitrogens with zero attached hydrogens (tertiary/aromatic N) is 2. The molecular formula is C14H19N3OS. The Bertz CT molecular complexity index is 650. The van der Waals surface area contributed by atoms with E-state index in [0.29, 0.717) is 5.92 Å². The van der Waals surface area contributed by atoms with E-state index in [2.05, 4.69) is 24.0 Å². The van der Waals surface area contributed by atoms with E-state index in [1.54, 1.807) is 4.57 Å². The van der Waals surface area contributed by atoms with Crippen molar-refractivity contribution >= 4 is 21.6 Å². The molecule has 4 nitrogen and oxygen atoms in total. The summed E-state index contributed by atoms with van der Waals surface area (Å²) in [6.45, 7) is 5.15. The number of benzene rings is 1. The van der Waals surface area contributed by atoms with Gasteiger partial charge in [-0.2, -0.15) is 0 Å². The van der Waals surface area contributed by atoms with Crippen LogP contribution in [0.2, 0.25) is 0 Å². The normalized spacial score (nSPS) is 24.4. The van der Waals surface area contributed by atoms with Gasteiger partial charge in [0.25, 0.3) is 0 Å². The SMILES string of the molecule is CC1CN(Cc2ccc3c(c2)sc(=O)n3C)CC1N. The summed E-state index contributed by atoms with van der Waals surface area (Å²) in [5, 5.41) is 0.